The highest BCUT2D eigenvalue weighted by Crippen LogP contribution is 2.17. The number of aromatic nitrogens is 1. The minimum absolute atomic E-state index is 0.189. The second-order valence-corrected chi connectivity index (χ2v) is 7.58. The number of piperidine rings is 1. The Morgan fingerprint density at radius 1 is 1.30 bits per heavy atom. The lowest BCUT2D eigenvalue weighted by atomic mass is 10.0. The molecule has 0 aromatic carbocycles. The van der Waals surface area contributed by atoms with Gasteiger partial charge >= 0.3 is 6.09 Å². The van der Waals surface area contributed by atoms with Crippen LogP contribution in [0.25, 0.3) is 0 Å². The Balaban J connectivity index is 1.79. The zero-order valence-electron chi connectivity index (χ0n) is 15.4. The molecule has 0 unspecified atom stereocenters. The van der Waals surface area contributed by atoms with Crippen molar-refractivity contribution in [2.75, 3.05) is 13.1 Å². The van der Waals surface area contributed by atoms with Crippen LogP contribution in [0.15, 0.2) is 6.07 Å². The number of hydrogen-bond donors (Lipinski definition) is 1. The zero-order valence-corrected chi connectivity index (χ0v) is 15.4. The Morgan fingerprint density at radius 2 is 1.91 bits per heavy atom. The first kappa shape index (κ1) is 17.9. The molecular weight excluding hydrogens is 290 g/mol. The standard InChI is InChI=1S/C18H31N3O2/c1-13-11-15(14(2)20(13)6)12-19-16-7-9-21(10-8-16)17(22)23-18(3,4)5/h11,16,19H,7-10,12H2,1-6H3. The molecule has 2 heterocycles. The first-order valence-corrected chi connectivity index (χ1v) is 8.50. The number of carbonyl (C=O) groups excluding carboxylic acids is 1. The van der Waals surface area contributed by atoms with Crippen LogP contribution in [0.1, 0.15) is 50.6 Å². The molecule has 1 aromatic rings. The molecule has 0 spiro atoms. The fourth-order valence-electron chi connectivity index (χ4n) is 2.96. The van der Waals surface area contributed by atoms with Gasteiger partial charge in [0.15, 0.2) is 0 Å². The topological polar surface area (TPSA) is 46.5 Å². The number of nitrogens with zero attached hydrogens (tertiary/aromatic N) is 2. The Morgan fingerprint density at radius 3 is 2.39 bits per heavy atom. The van der Waals surface area contributed by atoms with E-state index >= 15 is 0 Å². The van der Waals surface area contributed by atoms with Crippen molar-refractivity contribution in [3.05, 3.63) is 23.0 Å². The van der Waals surface area contributed by atoms with Gasteiger partial charge in [-0.2, -0.15) is 0 Å². The van der Waals surface area contributed by atoms with Crippen LogP contribution in [0.3, 0.4) is 0 Å². The van der Waals surface area contributed by atoms with Crippen LogP contribution >= 0.6 is 0 Å². The van der Waals surface area contributed by atoms with Gasteiger partial charge in [0, 0.05) is 44.1 Å². The highest BCUT2D eigenvalue weighted by Gasteiger charge is 2.26. The predicted octanol–water partition coefficient (Wildman–Crippen LogP) is 3.13. The van der Waals surface area contributed by atoms with Crippen molar-refractivity contribution in [2.24, 2.45) is 7.05 Å². The van der Waals surface area contributed by atoms with Gasteiger partial charge in [0.05, 0.1) is 0 Å². The SMILES string of the molecule is Cc1cc(CNC2CCN(C(=O)OC(C)(C)C)CC2)c(C)n1C. The lowest BCUT2D eigenvalue weighted by Crippen LogP contribution is -2.46. The summed E-state index contributed by atoms with van der Waals surface area (Å²) in [5.74, 6) is 0. The maximum Gasteiger partial charge on any atom is 0.410 e. The molecule has 1 fully saturated rings. The van der Waals surface area contributed by atoms with Gasteiger partial charge in [-0.1, -0.05) is 0 Å². The van der Waals surface area contributed by atoms with Gasteiger partial charge < -0.3 is 19.5 Å². The fourth-order valence-corrected chi connectivity index (χ4v) is 2.96. The summed E-state index contributed by atoms with van der Waals surface area (Å²) in [5.41, 5.74) is 3.55. The van der Waals surface area contributed by atoms with Crippen LogP contribution in [-0.2, 0) is 18.3 Å². The van der Waals surface area contributed by atoms with E-state index in [1.165, 1.54) is 17.0 Å². The molecule has 1 N–H and O–H groups in total. The van der Waals surface area contributed by atoms with Crippen LogP contribution in [0.2, 0.25) is 0 Å². The second kappa shape index (κ2) is 6.95. The fraction of sp³-hybridized carbons (Fsp3) is 0.722. The third-order valence-corrected chi connectivity index (χ3v) is 4.61. The van der Waals surface area contributed by atoms with E-state index in [0.717, 1.165) is 32.5 Å². The van der Waals surface area contributed by atoms with Crippen LogP contribution in [0.5, 0.6) is 0 Å². The molecular formula is C18H31N3O2. The molecule has 0 saturated carbocycles. The van der Waals surface area contributed by atoms with E-state index in [9.17, 15) is 4.79 Å². The van der Waals surface area contributed by atoms with E-state index in [1.807, 2.05) is 25.7 Å². The molecule has 23 heavy (non-hydrogen) atoms. The molecule has 1 aliphatic rings. The number of likely N-dealkylation sites (tertiary alicyclic amines) is 1. The van der Waals surface area contributed by atoms with Gasteiger partial charge in [-0.3, -0.25) is 0 Å². The molecule has 2 rings (SSSR count). The summed E-state index contributed by atoms with van der Waals surface area (Å²) < 4.78 is 7.66. The summed E-state index contributed by atoms with van der Waals surface area (Å²) in [6, 6.07) is 2.71. The molecule has 5 nitrogen and oxygen atoms in total. The predicted molar refractivity (Wildman–Crippen MR) is 92.6 cm³/mol. The van der Waals surface area contributed by atoms with E-state index in [2.05, 4.69) is 36.8 Å². The Hall–Kier alpha value is -1.49. The van der Waals surface area contributed by atoms with Gasteiger partial charge in [0.2, 0.25) is 0 Å². The molecule has 0 aliphatic carbocycles. The molecule has 0 atom stereocenters. The minimum atomic E-state index is -0.422. The van der Waals surface area contributed by atoms with Crippen molar-refractivity contribution in [1.29, 1.82) is 0 Å². The largest absolute Gasteiger partial charge is 0.444 e. The second-order valence-electron chi connectivity index (χ2n) is 7.58. The normalized spacial score (nSPS) is 16.7. The number of hydrogen-bond acceptors (Lipinski definition) is 3. The quantitative estimate of drug-likeness (QED) is 0.930. The van der Waals surface area contributed by atoms with E-state index in [1.54, 1.807) is 0 Å². The summed E-state index contributed by atoms with van der Waals surface area (Å²) in [7, 11) is 2.10. The summed E-state index contributed by atoms with van der Waals surface area (Å²) in [6.07, 6.45) is 1.76. The lowest BCUT2D eigenvalue weighted by Gasteiger charge is -2.33. The van der Waals surface area contributed by atoms with Crippen molar-refractivity contribution >= 4 is 6.09 Å². The molecule has 1 saturated heterocycles. The molecule has 0 bridgehead atoms. The van der Waals surface area contributed by atoms with Crippen LogP contribution in [0.4, 0.5) is 4.79 Å². The van der Waals surface area contributed by atoms with E-state index in [0.29, 0.717) is 6.04 Å². The first-order chi connectivity index (χ1) is 10.7. The molecule has 130 valence electrons. The maximum atomic E-state index is 12.1. The smallest absolute Gasteiger partial charge is 0.410 e. The maximum absolute atomic E-state index is 12.1. The van der Waals surface area contributed by atoms with E-state index in [4.69, 9.17) is 4.74 Å². The number of carbonyl (C=O) groups is 1. The number of amides is 1. The van der Waals surface area contributed by atoms with Crippen molar-refractivity contribution in [3.8, 4) is 0 Å². The summed E-state index contributed by atoms with van der Waals surface area (Å²) in [6.45, 7) is 12.4. The first-order valence-electron chi connectivity index (χ1n) is 8.50. The molecule has 1 amide bonds. The monoisotopic (exact) mass is 321 g/mol. The van der Waals surface area contributed by atoms with E-state index < -0.39 is 5.60 Å². The highest BCUT2D eigenvalue weighted by atomic mass is 16.6. The number of rotatable bonds is 3. The molecule has 0 radical (unpaired) electrons. The molecule has 5 heteroatoms. The number of ether oxygens (including phenoxy) is 1. The summed E-state index contributed by atoms with van der Waals surface area (Å²) in [4.78, 5) is 13.9. The average molecular weight is 321 g/mol. The van der Waals surface area contributed by atoms with Gasteiger partial charge in [-0.15, -0.1) is 0 Å². The van der Waals surface area contributed by atoms with Crippen molar-refractivity contribution in [2.45, 2.75) is 65.6 Å². The Kier molecular flexibility index (Phi) is 5.40. The Bertz CT molecular complexity index is 549. The average Bonchev–Trinajstić information content (AvgIpc) is 2.71. The Labute approximate surface area is 140 Å². The third-order valence-electron chi connectivity index (χ3n) is 4.61. The molecule has 1 aromatic heterocycles. The number of aryl methyl sites for hydroxylation is 1. The van der Waals surface area contributed by atoms with Crippen molar-refractivity contribution in [3.63, 3.8) is 0 Å². The highest BCUT2D eigenvalue weighted by molar-refractivity contribution is 5.68. The minimum Gasteiger partial charge on any atom is -0.444 e. The lowest BCUT2D eigenvalue weighted by molar-refractivity contribution is 0.0198. The third kappa shape index (κ3) is 4.74. The van der Waals surface area contributed by atoms with Crippen molar-refractivity contribution < 1.29 is 9.53 Å². The van der Waals surface area contributed by atoms with Crippen LogP contribution in [0, 0.1) is 13.8 Å². The van der Waals surface area contributed by atoms with E-state index in [-0.39, 0.29) is 6.09 Å². The van der Waals surface area contributed by atoms with Crippen molar-refractivity contribution in [1.82, 2.24) is 14.8 Å². The van der Waals surface area contributed by atoms with Gasteiger partial charge in [-0.25, -0.2) is 4.79 Å². The van der Waals surface area contributed by atoms with Crippen LogP contribution in [-0.4, -0.2) is 40.3 Å². The van der Waals surface area contributed by atoms with Crippen LogP contribution < -0.4 is 5.32 Å². The summed E-state index contributed by atoms with van der Waals surface area (Å²) >= 11 is 0. The summed E-state index contributed by atoms with van der Waals surface area (Å²) in [5, 5.41) is 3.63. The molecule has 1 aliphatic heterocycles. The van der Waals surface area contributed by atoms with Gasteiger partial charge in [0.25, 0.3) is 0 Å². The van der Waals surface area contributed by atoms with Gasteiger partial charge in [0.1, 0.15) is 5.60 Å². The number of nitrogens with one attached hydrogen (secondary N) is 1. The van der Waals surface area contributed by atoms with Gasteiger partial charge in [-0.05, 0) is 59.1 Å². The zero-order chi connectivity index (χ0) is 17.2.